The van der Waals surface area contributed by atoms with E-state index in [1.807, 2.05) is 5.43 Å². The van der Waals surface area contributed by atoms with Crippen LogP contribution >= 0.6 is 0 Å². The highest BCUT2D eigenvalue weighted by atomic mass is 16.8. The summed E-state index contributed by atoms with van der Waals surface area (Å²) in [6.07, 6.45) is 2.84. The first kappa shape index (κ1) is 5.86. The van der Waals surface area contributed by atoms with Crippen LogP contribution in [0.25, 0.3) is 0 Å². The fraction of sp³-hybridized carbons (Fsp3) is 0. The molecule has 4 N–H and O–H groups in total. The molecule has 0 saturated heterocycles. The van der Waals surface area contributed by atoms with Gasteiger partial charge >= 0.3 is 6.03 Å². The first-order chi connectivity index (χ1) is 4.34. The molecule has 6 nitrogen and oxygen atoms in total. The predicted octanol–water partition coefficient (Wildman–Crippen LogP) is -1.21. The molecular weight excluding hydrogens is 124 g/mol. The molecule has 1 heterocycles. The Morgan fingerprint density at radius 1 is 1.89 bits per heavy atom. The van der Waals surface area contributed by atoms with Crippen LogP contribution in [0.5, 0.6) is 0 Å². The van der Waals surface area contributed by atoms with E-state index < -0.39 is 6.03 Å². The maximum absolute atomic E-state index is 10.5. The molecule has 0 aromatic rings. The lowest BCUT2D eigenvalue weighted by Gasteiger charge is -2.08. The molecule has 2 amide bonds. The van der Waals surface area contributed by atoms with Crippen molar-refractivity contribution >= 4 is 6.03 Å². The van der Waals surface area contributed by atoms with Gasteiger partial charge in [0.15, 0.2) is 0 Å². The quantitative estimate of drug-likeness (QED) is 0.218. The van der Waals surface area contributed by atoms with Gasteiger partial charge < -0.3 is 0 Å². The van der Waals surface area contributed by atoms with Crippen LogP contribution in [0.1, 0.15) is 0 Å². The second-order valence-corrected chi connectivity index (χ2v) is 1.30. The van der Waals surface area contributed by atoms with Gasteiger partial charge in [-0.2, -0.15) is 0 Å². The van der Waals surface area contributed by atoms with E-state index in [4.69, 9.17) is 5.84 Å². The van der Waals surface area contributed by atoms with Gasteiger partial charge in [-0.25, -0.2) is 16.1 Å². The summed E-state index contributed by atoms with van der Waals surface area (Å²) in [6, 6.07) is -0.531. The van der Waals surface area contributed by atoms with Crippen molar-refractivity contribution in [1.29, 1.82) is 0 Å². The van der Waals surface area contributed by atoms with Crippen molar-refractivity contribution in [1.82, 2.24) is 16.0 Å². The van der Waals surface area contributed by atoms with Gasteiger partial charge in [-0.05, 0) is 0 Å². The highest BCUT2D eigenvalue weighted by Gasteiger charge is 2.12. The lowest BCUT2D eigenvalue weighted by Crippen LogP contribution is -2.40. The van der Waals surface area contributed by atoms with Crippen molar-refractivity contribution < 1.29 is 9.73 Å². The first-order valence-electron chi connectivity index (χ1n) is 2.23. The Morgan fingerprint density at radius 2 is 2.67 bits per heavy atom. The highest BCUT2D eigenvalue weighted by molar-refractivity contribution is 5.73. The van der Waals surface area contributed by atoms with Crippen molar-refractivity contribution in [2.24, 2.45) is 5.84 Å². The Bertz CT molecular complexity index is 145. The van der Waals surface area contributed by atoms with Crippen molar-refractivity contribution in [2.45, 2.75) is 0 Å². The smallest absolute Gasteiger partial charge is 0.274 e. The van der Waals surface area contributed by atoms with E-state index in [9.17, 15) is 4.79 Å². The van der Waals surface area contributed by atoms with Gasteiger partial charge in [-0.3, -0.25) is 5.43 Å². The minimum atomic E-state index is -0.531. The van der Waals surface area contributed by atoms with Crippen LogP contribution < -0.4 is 16.7 Å². The van der Waals surface area contributed by atoms with Crippen LogP contribution in [-0.2, 0) is 4.94 Å². The zero-order valence-electron chi connectivity index (χ0n) is 4.50. The molecule has 0 aromatic carbocycles. The monoisotopic (exact) mass is 130 g/mol. The Kier molecular flexibility index (Phi) is 1.52. The lowest BCUT2D eigenvalue weighted by molar-refractivity contribution is -0.104. The maximum Gasteiger partial charge on any atom is 0.361 e. The second kappa shape index (κ2) is 2.33. The number of urea groups is 1. The molecule has 0 radical (unpaired) electrons. The average molecular weight is 130 g/mol. The predicted molar refractivity (Wildman–Crippen MR) is 27.9 cm³/mol. The fourth-order valence-electron chi connectivity index (χ4n) is 0.389. The van der Waals surface area contributed by atoms with Gasteiger partial charge in [0.1, 0.15) is 0 Å². The number of nitrogens with one attached hydrogen (secondary N) is 2. The molecule has 0 bridgehead atoms. The molecule has 0 atom stereocenters. The molecule has 1 aliphatic rings. The number of rotatable bonds is 0. The van der Waals surface area contributed by atoms with Crippen LogP contribution in [-0.4, -0.2) is 11.1 Å². The Morgan fingerprint density at radius 3 is 3.11 bits per heavy atom. The minimum Gasteiger partial charge on any atom is -0.274 e. The van der Waals surface area contributed by atoms with Crippen LogP contribution in [0.2, 0.25) is 0 Å². The number of hydrazine groups is 1. The van der Waals surface area contributed by atoms with Gasteiger partial charge in [0.05, 0.1) is 6.20 Å². The van der Waals surface area contributed by atoms with Gasteiger partial charge in [0.25, 0.3) is 0 Å². The summed E-state index contributed by atoms with van der Waals surface area (Å²) >= 11 is 0. The number of amides is 2. The molecule has 0 aromatic heterocycles. The number of nitrogens with zero attached hydrogens (tertiary/aromatic N) is 1. The van der Waals surface area contributed by atoms with Crippen molar-refractivity contribution in [2.75, 3.05) is 0 Å². The number of hydrogen-bond donors (Lipinski definition) is 3. The van der Waals surface area contributed by atoms with Crippen LogP contribution in [0.4, 0.5) is 4.79 Å². The average Bonchev–Trinajstić information content (AvgIpc) is 2.37. The standard InChI is InChI=1S/C3H6N4O2/c4-6-3(8)7-2-1-5-9-7/h1-2,5H,4H2,(H,6,8). The summed E-state index contributed by atoms with van der Waals surface area (Å²) in [5.74, 6) is 4.77. The van der Waals surface area contributed by atoms with Crippen LogP contribution in [0.3, 0.4) is 0 Å². The minimum absolute atomic E-state index is 0.531. The molecule has 0 saturated carbocycles. The number of nitrogens with two attached hydrogens (primary N) is 1. The molecule has 1 rings (SSSR count). The number of hydroxylamine groups is 3. The summed E-state index contributed by atoms with van der Waals surface area (Å²) in [6.45, 7) is 0. The molecule has 9 heavy (non-hydrogen) atoms. The third-order valence-electron chi connectivity index (χ3n) is 0.753. The highest BCUT2D eigenvalue weighted by Crippen LogP contribution is 1.94. The summed E-state index contributed by atoms with van der Waals surface area (Å²) in [5.41, 5.74) is 4.19. The topological polar surface area (TPSA) is 79.6 Å². The number of carbonyl (C=O) groups is 1. The van der Waals surface area contributed by atoms with E-state index >= 15 is 0 Å². The van der Waals surface area contributed by atoms with E-state index in [-0.39, 0.29) is 0 Å². The van der Waals surface area contributed by atoms with Crippen molar-refractivity contribution in [3.63, 3.8) is 0 Å². The molecule has 1 aliphatic heterocycles. The Hall–Kier alpha value is -1.27. The maximum atomic E-state index is 10.5. The second-order valence-electron chi connectivity index (χ2n) is 1.30. The molecule has 0 fully saturated rings. The third-order valence-corrected chi connectivity index (χ3v) is 0.753. The van der Waals surface area contributed by atoms with Crippen molar-refractivity contribution in [3.8, 4) is 0 Å². The molecule has 0 aliphatic carbocycles. The lowest BCUT2D eigenvalue weighted by atomic mass is 10.8. The summed E-state index contributed by atoms with van der Waals surface area (Å²) in [4.78, 5) is 15.0. The number of carbonyl (C=O) groups excluding carboxylic acids is 1. The zero-order valence-corrected chi connectivity index (χ0v) is 4.50. The fourth-order valence-corrected chi connectivity index (χ4v) is 0.389. The van der Waals surface area contributed by atoms with E-state index in [0.29, 0.717) is 0 Å². The van der Waals surface area contributed by atoms with Gasteiger partial charge in [0, 0.05) is 6.20 Å². The molecule has 0 unspecified atom stereocenters. The van der Waals surface area contributed by atoms with Crippen LogP contribution in [0, 0.1) is 0 Å². The van der Waals surface area contributed by atoms with Gasteiger partial charge in [-0.15, -0.1) is 10.0 Å². The summed E-state index contributed by atoms with van der Waals surface area (Å²) < 4.78 is 0. The number of hydrogen-bond acceptors (Lipinski definition) is 4. The summed E-state index contributed by atoms with van der Waals surface area (Å²) in [5, 5.41) is 0.917. The van der Waals surface area contributed by atoms with E-state index in [1.165, 1.54) is 12.4 Å². The molecular formula is C3H6N4O2. The van der Waals surface area contributed by atoms with Crippen LogP contribution in [0.15, 0.2) is 12.4 Å². The largest absolute Gasteiger partial charge is 0.361 e. The van der Waals surface area contributed by atoms with E-state index in [2.05, 4.69) is 10.4 Å². The SMILES string of the molecule is NNC(=O)N1C=CNO1. The Balaban J connectivity index is 2.43. The molecule has 6 heteroatoms. The van der Waals surface area contributed by atoms with Gasteiger partial charge in [-0.1, -0.05) is 0 Å². The molecule has 0 spiro atoms. The zero-order chi connectivity index (χ0) is 6.69. The Labute approximate surface area is 51.1 Å². The summed E-state index contributed by atoms with van der Waals surface area (Å²) in [7, 11) is 0. The molecule has 50 valence electrons. The van der Waals surface area contributed by atoms with E-state index in [1.54, 1.807) is 0 Å². The van der Waals surface area contributed by atoms with Gasteiger partial charge in [0.2, 0.25) is 0 Å². The first-order valence-corrected chi connectivity index (χ1v) is 2.23. The van der Waals surface area contributed by atoms with E-state index in [0.717, 1.165) is 5.06 Å². The van der Waals surface area contributed by atoms with Crippen molar-refractivity contribution in [3.05, 3.63) is 12.4 Å². The third kappa shape index (κ3) is 1.09. The normalized spacial score (nSPS) is 15.4.